The molecular formula is C12H22O2. The Morgan fingerprint density at radius 2 is 2.14 bits per heavy atom. The monoisotopic (exact) mass is 198 g/mol. The highest BCUT2D eigenvalue weighted by molar-refractivity contribution is 5.65. The Morgan fingerprint density at radius 1 is 1.43 bits per heavy atom. The van der Waals surface area contributed by atoms with Crippen molar-refractivity contribution in [1.29, 1.82) is 0 Å². The molecular weight excluding hydrogens is 176 g/mol. The Balaban J connectivity index is 3.77. The molecule has 0 heterocycles. The van der Waals surface area contributed by atoms with Gasteiger partial charge in [-0.15, -0.1) is 0 Å². The van der Waals surface area contributed by atoms with Crippen molar-refractivity contribution in [3.05, 3.63) is 11.6 Å². The zero-order valence-electron chi connectivity index (χ0n) is 9.58. The van der Waals surface area contributed by atoms with Gasteiger partial charge in [-0.3, -0.25) is 4.79 Å². The summed E-state index contributed by atoms with van der Waals surface area (Å²) in [6.07, 6.45) is 8.41. The number of carbonyl (C=O) groups excluding carboxylic acids is 1. The fourth-order valence-corrected chi connectivity index (χ4v) is 1.47. The minimum Gasteiger partial charge on any atom is -0.381 e. The Morgan fingerprint density at radius 3 is 2.64 bits per heavy atom. The van der Waals surface area contributed by atoms with Gasteiger partial charge in [-0.25, -0.2) is 0 Å². The number of methoxy groups -OCH3 is 1. The van der Waals surface area contributed by atoms with Gasteiger partial charge in [0, 0.05) is 7.11 Å². The quantitative estimate of drug-likeness (QED) is 0.340. The fourth-order valence-electron chi connectivity index (χ4n) is 1.47. The van der Waals surface area contributed by atoms with Crippen LogP contribution >= 0.6 is 0 Å². The second kappa shape index (κ2) is 8.95. The van der Waals surface area contributed by atoms with E-state index in [0.717, 1.165) is 24.7 Å². The van der Waals surface area contributed by atoms with E-state index in [0.29, 0.717) is 0 Å². The van der Waals surface area contributed by atoms with Crippen molar-refractivity contribution in [3.8, 4) is 0 Å². The standard InChI is InChI=1S/C12H22O2/c1-4-5-6-7-12(14-3)10-11(2)8-9-13/h8-9,12H,4-7,10H2,1-3H3. The van der Waals surface area contributed by atoms with Gasteiger partial charge in [0.15, 0.2) is 0 Å². The Hall–Kier alpha value is -0.630. The van der Waals surface area contributed by atoms with Crippen LogP contribution < -0.4 is 0 Å². The third-order valence-corrected chi connectivity index (χ3v) is 2.37. The molecule has 0 saturated heterocycles. The summed E-state index contributed by atoms with van der Waals surface area (Å²) in [7, 11) is 1.74. The summed E-state index contributed by atoms with van der Waals surface area (Å²) >= 11 is 0. The van der Waals surface area contributed by atoms with Crippen molar-refractivity contribution in [3.63, 3.8) is 0 Å². The molecule has 2 heteroatoms. The lowest BCUT2D eigenvalue weighted by molar-refractivity contribution is -0.104. The molecule has 0 bridgehead atoms. The first-order valence-corrected chi connectivity index (χ1v) is 5.38. The third kappa shape index (κ3) is 6.84. The molecule has 0 radical (unpaired) electrons. The summed E-state index contributed by atoms with van der Waals surface area (Å²) in [4.78, 5) is 10.2. The van der Waals surface area contributed by atoms with E-state index in [1.54, 1.807) is 13.2 Å². The van der Waals surface area contributed by atoms with Gasteiger partial charge in [0.1, 0.15) is 6.29 Å². The summed E-state index contributed by atoms with van der Waals surface area (Å²) in [5, 5.41) is 0. The van der Waals surface area contributed by atoms with E-state index in [1.807, 2.05) is 6.92 Å². The molecule has 1 atom stereocenters. The molecule has 0 fully saturated rings. The predicted octanol–water partition coefficient (Wildman–Crippen LogP) is 3.12. The number of ether oxygens (including phenoxy) is 1. The molecule has 14 heavy (non-hydrogen) atoms. The molecule has 0 spiro atoms. The Bertz CT molecular complexity index is 173. The lowest BCUT2D eigenvalue weighted by Crippen LogP contribution is -2.10. The van der Waals surface area contributed by atoms with Gasteiger partial charge in [0.05, 0.1) is 6.10 Å². The van der Waals surface area contributed by atoms with Crippen LogP contribution in [0.1, 0.15) is 46.0 Å². The Labute approximate surface area is 87.3 Å². The van der Waals surface area contributed by atoms with E-state index in [-0.39, 0.29) is 6.10 Å². The van der Waals surface area contributed by atoms with Gasteiger partial charge >= 0.3 is 0 Å². The minimum absolute atomic E-state index is 0.276. The lowest BCUT2D eigenvalue weighted by atomic mass is 10.0. The van der Waals surface area contributed by atoms with Gasteiger partial charge < -0.3 is 4.74 Å². The van der Waals surface area contributed by atoms with Gasteiger partial charge in [0.25, 0.3) is 0 Å². The highest BCUT2D eigenvalue weighted by Crippen LogP contribution is 2.13. The van der Waals surface area contributed by atoms with Crippen molar-refractivity contribution in [2.45, 2.75) is 52.1 Å². The molecule has 0 rings (SSSR count). The molecule has 0 N–H and O–H groups in total. The van der Waals surface area contributed by atoms with Gasteiger partial charge in [0.2, 0.25) is 0 Å². The summed E-state index contributed by atoms with van der Waals surface area (Å²) in [5.41, 5.74) is 1.10. The highest BCUT2D eigenvalue weighted by Gasteiger charge is 2.07. The van der Waals surface area contributed by atoms with Crippen LogP contribution in [0.25, 0.3) is 0 Å². The first-order chi connectivity index (χ1) is 6.74. The van der Waals surface area contributed by atoms with E-state index in [4.69, 9.17) is 4.74 Å². The number of carbonyl (C=O) groups is 1. The van der Waals surface area contributed by atoms with Crippen LogP contribution in [0, 0.1) is 0 Å². The third-order valence-electron chi connectivity index (χ3n) is 2.37. The van der Waals surface area contributed by atoms with Crippen molar-refractivity contribution in [2.75, 3.05) is 7.11 Å². The molecule has 0 saturated carbocycles. The molecule has 0 aliphatic heterocycles. The molecule has 0 aromatic heterocycles. The largest absolute Gasteiger partial charge is 0.381 e. The SMILES string of the molecule is CCCCCC(CC(C)=CC=O)OC. The van der Waals surface area contributed by atoms with E-state index < -0.39 is 0 Å². The van der Waals surface area contributed by atoms with Crippen molar-refractivity contribution in [1.82, 2.24) is 0 Å². The molecule has 2 nitrogen and oxygen atoms in total. The highest BCUT2D eigenvalue weighted by atomic mass is 16.5. The van der Waals surface area contributed by atoms with E-state index >= 15 is 0 Å². The molecule has 0 aliphatic carbocycles. The van der Waals surface area contributed by atoms with Crippen LogP contribution in [0.4, 0.5) is 0 Å². The van der Waals surface area contributed by atoms with Crippen LogP contribution in [0.5, 0.6) is 0 Å². The normalized spacial score (nSPS) is 14.1. The summed E-state index contributed by atoms with van der Waals surface area (Å²) < 4.78 is 5.36. The number of aldehydes is 1. The zero-order chi connectivity index (χ0) is 10.8. The number of hydrogen-bond acceptors (Lipinski definition) is 2. The van der Waals surface area contributed by atoms with Gasteiger partial charge in [-0.1, -0.05) is 31.8 Å². The smallest absolute Gasteiger partial charge is 0.142 e. The predicted molar refractivity (Wildman–Crippen MR) is 59.4 cm³/mol. The van der Waals surface area contributed by atoms with Crippen LogP contribution in [0.2, 0.25) is 0 Å². The fraction of sp³-hybridized carbons (Fsp3) is 0.750. The molecule has 0 aromatic carbocycles. The summed E-state index contributed by atoms with van der Waals surface area (Å²) in [6.45, 7) is 4.17. The molecule has 0 aliphatic rings. The summed E-state index contributed by atoms with van der Waals surface area (Å²) in [6, 6.07) is 0. The van der Waals surface area contributed by atoms with Gasteiger partial charge in [-0.2, -0.15) is 0 Å². The molecule has 0 aromatic rings. The average Bonchev–Trinajstić information content (AvgIpc) is 2.17. The topological polar surface area (TPSA) is 26.3 Å². The second-order valence-electron chi connectivity index (χ2n) is 3.71. The van der Waals surface area contributed by atoms with Crippen molar-refractivity contribution >= 4 is 6.29 Å². The first kappa shape index (κ1) is 13.4. The van der Waals surface area contributed by atoms with E-state index in [9.17, 15) is 4.79 Å². The van der Waals surface area contributed by atoms with Crippen molar-refractivity contribution in [2.24, 2.45) is 0 Å². The van der Waals surface area contributed by atoms with Crippen LogP contribution in [0.15, 0.2) is 11.6 Å². The number of rotatable bonds is 8. The lowest BCUT2D eigenvalue weighted by Gasteiger charge is -2.14. The first-order valence-electron chi connectivity index (χ1n) is 5.38. The number of allylic oxidation sites excluding steroid dienone is 1. The van der Waals surface area contributed by atoms with Crippen LogP contribution in [0.3, 0.4) is 0 Å². The molecule has 0 amide bonds. The average molecular weight is 198 g/mol. The maximum absolute atomic E-state index is 10.2. The van der Waals surface area contributed by atoms with Gasteiger partial charge in [-0.05, 0) is 25.8 Å². The number of hydrogen-bond donors (Lipinski definition) is 0. The van der Waals surface area contributed by atoms with E-state index in [2.05, 4.69) is 6.92 Å². The molecule has 1 unspecified atom stereocenters. The minimum atomic E-state index is 0.276. The number of unbranched alkanes of at least 4 members (excludes halogenated alkanes) is 2. The van der Waals surface area contributed by atoms with Crippen LogP contribution in [-0.4, -0.2) is 19.5 Å². The summed E-state index contributed by atoms with van der Waals surface area (Å²) in [5.74, 6) is 0. The molecule has 82 valence electrons. The van der Waals surface area contributed by atoms with E-state index in [1.165, 1.54) is 19.3 Å². The maximum Gasteiger partial charge on any atom is 0.142 e. The van der Waals surface area contributed by atoms with Crippen LogP contribution in [-0.2, 0) is 9.53 Å². The van der Waals surface area contributed by atoms with Crippen molar-refractivity contribution < 1.29 is 9.53 Å². The maximum atomic E-state index is 10.2. The zero-order valence-corrected chi connectivity index (χ0v) is 9.58. The second-order valence-corrected chi connectivity index (χ2v) is 3.71. The Kier molecular flexibility index (Phi) is 8.54.